The van der Waals surface area contributed by atoms with E-state index in [4.69, 9.17) is 0 Å². The third-order valence-corrected chi connectivity index (χ3v) is 4.30. The van der Waals surface area contributed by atoms with Gasteiger partial charge in [0.1, 0.15) is 0 Å². The predicted octanol–water partition coefficient (Wildman–Crippen LogP) is 4.03. The normalized spacial score (nSPS) is 12.6. The number of aromatic nitrogens is 1. The van der Waals surface area contributed by atoms with Crippen LogP contribution in [0.3, 0.4) is 0 Å². The highest BCUT2D eigenvalue weighted by atomic mass is 127. The molecule has 0 amide bonds. The standard InChI is InChI=1S/C14H17IN2S/c1-2-7-16-13(10-14-17-8-9-18-14)11-3-5-12(15)6-4-11/h3-6,8-9,13,16H,2,7,10H2,1H3. The first-order chi connectivity index (χ1) is 8.79. The van der Waals surface area contributed by atoms with Crippen LogP contribution in [0, 0.1) is 3.57 Å². The second-order valence-electron chi connectivity index (χ2n) is 4.19. The van der Waals surface area contributed by atoms with Crippen LogP contribution in [0.2, 0.25) is 0 Å². The van der Waals surface area contributed by atoms with Gasteiger partial charge in [-0.15, -0.1) is 11.3 Å². The quantitative estimate of drug-likeness (QED) is 0.775. The third-order valence-electron chi connectivity index (χ3n) is 2.78. The second-order valence-corrected chi connectivity index (χ2v) is 6.41. The number of hydrogen-bond donors (Lipinski definition) is 1. The number of nitrogens with zero attached hydrogens (tertiary/aromatic N) is 1. The molecule has 0 saturated heterocycles. The van der Waals surface area contributed by atoms with Gasteiger partial charge in [0.2, 0.25) is 0 Å². The second kappa shape index (κ2) is 7.21. The molecule has 0 radical (unpaired) electrons. The summed E-state index contributed by atoms with van der Waals surface area (Å²) in [5.41, 5.74) is 1.35. The molecule has 1 atom stereocenters. The van der Waals surface area contributed by atoms with Crippen LogP contribution in [0.4, 0.5) is 0 Å². The largest absolute Gasteiger partial charge is 0.310 e. The number of nitrogens with one attached hydrogen (secondary N) is 1. The van der Waals surface area contributed by atoms with E-state index in [9.17, 15) is 0 Å². The minimum absolute atomic E-state index is 0.369. The maximum atomic E-state index is 4.38. The summed E-state index contributed by atoms with van der Waals surface area (Å²) < 4.78 is 1.28. The first kappa shape index (κ1) is 14.0. The van der Waals surface area contributed by atoms with Crippen LogP contribution in [-0.2, 0) is 6.42 Å². The smallest absolute Gasteiger partial charge is 0.0943 e. The zero-order chi connectivity index (χ0) is 12.8. The van der Waals surface area contributed by atoms with E-state index in [1.807, 2.05) is 11.6 Å². The Morgan fingerprint density at radius 1 is 1.33 bits per heavy atom. The molecule has 96 valence electrons. The van der Waals surface area contributed by atoms with Gasteiger partial charge in [0.25, 0.3) is 0 Å². The molecule has 4 heteroatoms. The molecule has 0 aliphatic rings. The highest BCUT2D eigenvalue weighted by molar-refractivity contribution is 14.1. The van der Waals surface area contributed by atoms with Crippen molar-refractivity contribution in [3.05, 3.63) is 50.0 Å². The van der Waals surface area contributed by atoms with Crippen molar-refractivity contribution in [3.8, 4) is 0 Å². The molecule has 1 aromatic heterocycles. The van der Waals surface area contributed by atoms with E-state index in [1.165, 1.54) is 14.1 Å². The van der Waals surface area contributed by atoms with Gasteiger partial charge in [-0.25, -0.2) is 4.98 Å². The Hall–Kier alpha value is -0.460. The van der Waals surface area contributed by atoms with Crippen molar-refractivity contribution in [3.63, 3.8) is 0 Å². The zero-order valence-electron chi connectivity index (χ0n) is 10.4. The molecule has 2 nitrogen and oxygen atoms in total. The topological polar surface area (TPSA) is 24.9 Å². The number of hydrogen-bond acceptors (Lipinski definition) is 3. The fraction of sp³-hybridized carbons (Fsp3) is 0.357. The van der Waals surface area contributed by atoms with Crippen molar-refractivity contribution >= 4 is 33.9 Å². The van der Waals surface area contributed by atoms with Crippen molar-refractivity contribution in [2.24, 2.45) is 0 Å². The number of rotatable bonds is 6. The van der Waals surface area contributed by atoms with Gasteiger partial charge in [0, 0.05) is 27.6 Å². The molecule has 1 heterocycles. The van der Waals surface area contributed by atoms with E-state index in [0.29, 0.717) is 6.04 Å². The summed E-state index contributed by atoms with van der Waals surface area (Å²) in [6.45, 7) is 3.24. The monoisotopic (exact) mass is 372 g/mol. The highest BCUT2D eigenvalue weighted by Crippen LogP contribution is 2.20. The molecule has 2 rings (SSSR count). The maximum absolute atomic E-state index is 4.38. The van der Waals surface area contributed by atoms with Gasteiger partial charge >= 0.3 is 0 Å². The van der Waals surface area contributed by atoms with Gasteiger partial charge in [0.15, 0.2) is 0 Å². The molecule has 0 saturated carbocycles. The number of thiazole rings is 1. The first-order valence-corrected chi connectivity index (χ1v) is 8.12. The predicted molar refractivity (Wildman–Crippen MR) is 86.0 cm³/mol. The lowest BCUT2D eigenvalue weighted by Crippen LogP contribution is -2.24. The molecule has 1 N–H and O–H groups in total. The van der Waals surface area contributed by atoms with Crippen LogP contribution >= 0.6 is 33.9 Å². The van der Waals surface area contributed by atoms with E-state index in [2.05, 4.69) is 64.1 Å². The van der Waals surface area contributed by atoms with Gasteiger partial charge < -0.3 is 5.32 Å². The van der Waals surface area contributed by atoms with Crippen LogP contribution in [0.5, 0.6) is 0 Å². The van der Waals surface area contributed by atoms with Crippen molar-refractivity contribution in [2.75, 3.05) is 6.54 Å². The summed E-state index contributed by atoms with van der Waals surface area (Å²) in [5, 5.41) is 6.85. The Labute approximate surface area is 126 Å². The maximum Gasteiger partial charge on any atom is 0.0943 e. The number of benzene rings is 1. The molecule has 0 fully saturated rings. The van der Waals surface area contributed by atoms with Crippen LogP contribution in [-0.4, -0.2) is 11.5 Å². The van der Waals surface area contributed by atoms with Crippen LogP contribution in [0.1, 0.15) is 30.0 Å². The van der Waals surface area contributed by atoms with Gasteiger partial charge in [-0.1, -0.05) is 19.1 Å². The Morgan fingerprint density at radius 3 is 2.72 bits per heavy atom. The fourth-order valence-corrected chi connectivity index (χ4v) is 2.87. The molecule has 0 aliphatic heterocycles. The van der Waals surface area contributed by atoms with Crippen molar-refractivity contribution in [1.29, 1.82) is 0 Å². The Balaban J connectivity index is 2.11. The van der Waals surface area contributed by atoms with Gasteiger partial charge in [-0.3, -0.25) is 0 Å². The lowest BCUT2D eigenvalue weighted by atomic mass is 10.0. The van der Waals surface area contributed by atoms with Crippen LogP contribution in [0.25, 0.3) is 0 Å². The molecule has 18 heavy (non-hydrogen) atoms. The summed E-state index contributed by atoms with van der Waals surface area (Å²) in [5.74, 6) is 0. The molecular weight excluding hydrogens is 355 g/mol. The molecule has 1 unspecified atom stereocenters. The summed E-state index contributed by atoms with van der Waals surface area (Å²) in [4.78, 5) is 4.38. The van der Waals surface area contributed by atoms with Crippen molar-refractivity contribution in [1.82, 2.24) is 10.3 Å². The molecule has 0 bridgehead atoms. The lowest BCUT2D eigenvalue weighted by molar-refractivity contribution is 0.528. The van der Waals surface area contributed by atoms with E-state index < -0.39 is 0 Å². The summed E-state index contributed by atoms with van der Waals surface area (Å²) >= 11 is 4.07. The van der Waals surface area contributed by atoms with Gasteiger partial charge in [-0.05, 0) is 53.3 Å². The first-order valence-electron chi connectivity index (χ1n) is 6.17. The van der Waals surface area contributed by atoms with Gasteiger partial charge in [-0.2, -0.15) is 0 Å². The minimum Gasteiger partial charge on any atom is -0.310 e. The molecule has 0 spiro atoms. The summed E-state index contributed by atoms with van der Waals surface area (Å²) in [7, 11) is 0. The zero-order valence-corrected chi connectivity index (χ0v) is 13.4. The Kier molecular flexibility index (Phi) is 5.59. The van der Waals surface area contributed by atoms with E-state index >= 15 is 0 Å². The van der Waals surface area contributed by atoms with Crippen LogP contribution < -0.4 is 5.32 Å². The van der Waals surface area contributed by atoms with Gasteiger partial charge in [0.05, 0.1) is 5.01 Å². The molecule has 2 aromatic rings. The van der Waals surface area contributed by atoms with Crippen LogP contribution in [0.15, 0.2) is 35.8 Å². The van der Waals surface area contributed by atoms with E-state index in [1.54, 1.807) is 11.3 Å². The van der Waals surface area contributed by atoms with Crippen molar-refractivity contribution in [2.45, 2.75) is 25.8 Å². The average molecular weight is 372 g/mol. The van der Waals surface area contributed by atoms with Crippen molar-refractivity contribution < 1.29 is 0 Å². The highest BCUT2D eigenvalue weighted by Gasteiger charge is 2.12. The third kappa shape index (κ3) is 4.03. The van der Waals surface area contributed by atoms with E-state index in [-0.39, 0.29) is 0 Å². The molecular formula is C14H17IN2S. The Morgan fingerprint density at radius 2 is 2.11 bits per heavy atom. The molecule has 0 aliphatic carbocycles. The lowest BCUT2D eigenvalue weighted by Gasteiger charge is -2.18. The SMILES string of the molecule is CCCNC(Cc1nccs1)c1ccc(I)cc1. The minimum atomic E-state index is 0.369. The average Bonchev–Trinajstić information content (AvgIpc) is 2.88. The molecule has 1 aromatic carbocycles. The summed E-state index contributed by atoms with van der Waals surface area (Å²) in [6.07, 6.45) is 4.00. The van der Waals surface area contributed by atoms with E-state index in [0.717, 1.165) is 19.4 Å². The summed E-state index contributed by atoms with van der Waals surface area (Å²) in [6, 6.07) is 9.12. The Bertz CT molecular complexity index is 453. The number of halogens is 1. The fourth-order valence-electron chi connectivity index (χ4n) is 1.85.